The third kappa shape index (κ3) is 7.95. The summed E-state index contributed by atoms with van der Waals surface area (Å²) in [6.07, 6.45) is 16.1. The first-order valence-electron chi connectivity index (χ1n) is 17.8. The Morgan fingerprint density at radius 3 is 2.55 bits per heavy atom. The summed E-state index contributed by atoms with van der Waals surface area (Å²) in [7, 11) is 3.59. The number of hydrogen-bond donors (Lipinski definition) is 6. The minimum atomic E-state index is -1.16. The van der Waals surface area contributed by atoms with Gasteiger partial charge in [-0.1, -0.05) is 47.6 Å². The molecule has 0 aromatic heterocycles. The molecule has 3 aliphatic carbocycles. The SMILES string of the molecule is C=C(C=CC=C(CO)C12CCC3(CCCO)C(=C(C)C=O)CCC(O)(CCNC)C3(CC1)C2O)CCC=C(C)CNC(C)CCOC. The Morgan fingerprint density at radius 2 is 1.89 bits per heavy atom. The summed E-state index contributed by atoms with van der Waals surface area (Å²) in [5.74, 6) is 0. The molecule has 0 radical (unpaired) electrons. The highest BCUT2D eigenvalue weighted by molar-refractivity contribution is 5.74. The van der Waals surface area contributed by atoms with Crippen molar-refractivity contribution in [1.82, 2.24) is 10.6 Å². The molecule has 1 spiro atoms. The number of hydrogen-bond acceptors (Lipinski definition) is 8. The quantitative estimate of drug-likeness (QED) is 0.0463. The third-order valence-electron chi connectivity index (χ3n) is 12.1. The van der Waals surface area contributed by atoms with Crippen LogP contribution in [0.3, 0.4) is 0 Å². The number of ether oxygens (including phenoxy) is 1. The number of fused-ring (bicyclic) bond motifs is 1. The molecule has 6 unspecified atom stereocenters. The van der Waals surface area contributed by atoms with Crippen LogP contribution in [0.25, 0.3) is 0 Å². The van der Waals surface area contributed by atoms with E-state index in [0.29, 0.717) is 75.9 Å². The number of nitrogens with one attached hydrogen (secondary N) is 2. The molecule has 0 saturated heterocycles. The van der Waals surface area contributed by atoms with Crippen molar-refractivity contribution >= 4 is 6.29 Å². The van der Waals surface area contributed by atoms with Crippen LogP contribution in [-0.4, -0.2) is 91.5 Å². The fraction of sp³-hybridized carbons (Fsp3) is 0.718. The van der Waals surface area contributed by atoms with E-state index in [1.807, 2.05) is 32.2 Å². The van der Waals surface area contributed by atoms with Crippen LogP contribution in [0.15, 0.2) is 58.7 Å². The van der Waals surface area contributed by atoms with Gasteiger partial charge in [-0.15, -0.1) is 0 Å². The molecular weight excluding hydrogens is 592 g/mol. The van der Waals surface area contributed by atoms with Gasteiger partial charge in [0, 0.05) is 49.2 Å². The number of carbonyl (C=O) groups is 1. The van der Waals surface area contributed by atoms with E-state index in [4.69, 9.17) is 4.74 Å². The van der Waals surface area contributed by atoms with Gasteiger partial charge in [0.05, 0.1) is 18.3 Å². The monoisotopic (exact) mass is 656 g/mol. The Kier molecular flexibility index (Phi) is 14.9. The average Bonchev–Trinajstić information content (AvgIpc) is 3.26. The number of carbonyl (C=O) groups excluding carboxylic acids is 1. The molecule has 0 aromatic rings. The Balaban J connectivity index is 1.85. The van der Waals surface area contributed by atoms with Crippen molar-refractivity contribution in [3.05, 3.63) is 58.7 Å². The van der Waals surface area contributed by atoms with E-state index in [2.05, 4.69) is 37.1 Å². The van der Waals surface area contributed by atoms with Gasteiger partial charge in [0.1, 0.15) is 6.29 Å². The van der Waals surface area contributed by atoms with Crippen molar-refractivity contribution in [2.75, 3.05) is 47.1 Å². The van der Waals surface area contributed by atoms with Gasteiger partial charge in [0.15, 0.2) is 0 Å². The largest absolute Gasteiger partial charge is 0.396 e. The molecule has 0 aromatic carbocycles. The molecule has 6 N–H and O–H groups in total. The Morgan fingerprint density at radius 1 is 1.15 bits per heavy atom. The van der Waals surface area contributed by atoms with Gasteiger partial charge in [0.2, 0.25) is 0 Å². The van der Waals surface area contributed by atoms with Gasteiger partial charge < -0.3 is 35.8 Å². The maximum Gasteiger partial charge on any atom is 0.145 e. The van der Waals surface area contributed by atoms with Gasteiger partial charge in [-0.2, -0.15) is 0 Å². The summed E-state index contributed by atoms with van der Waals surface area (Å²) in [6, 6.07) is 0.400. The van der Waals surface area contributed by atoms with Crippen LogP contribution in [0, 0.1) is 16.2 Å². The topological polar surface area (TPSA) is 131 Å². The van der Waals surface area contributed by atoms with Crippen LogP contribution in [0.2, 0.25) is 0 Å². The number of aliphatic hydroxyl groups is 4. The minimum absolute atomic E-state index is 0.0121. The van der Waals surface area contributed by atoms with E-state index >= 15 is 0 Å². The van der Waals surface area contributed by atoms with E-state index in [-0.39, 0.29) is 13.2 Å². The summed E-state index contributed by atoms with van der Waals surface area (Å²) < 4.78 is 5.16. The molecule has 266 valence electrons. The minimum Gasteiger partial charge on any atom is -0.396 e. The normalized spacial score (nSPS) is 32.8. The zero-order chi connectivity index (χ0) is 34.7. The van der Waals surface area contributed by atoms with Crippen LogP contribution < -0.4 is 10.6 Å². The maximum absolute atomic E-state index is 12.7. The van der Waals surface area contributed by atoms with Crippen molar-refractivity contribution in [3.8, 4) is 0 Å². The standard InChI is InChI=1S/C39H64N2O6/c1-29(10-7-12-30(2)26-41-32(4)15-25-47-6)11-8-13-33(28-44)36-18-20-37(16-9-24-42)34(31(3)27-43)14-17-38(46,22-23-40-5)39(37,21-19-36)35(36)45/h8,11-13,27,32,35,40-42,44-46H,1,7,9-10,14-26,28H2,2-6H3. The third-order valence-corrected chi connectivity index (χ3v) is 12.1. The van der Waals surface area contributed by atoms with Gasteiger partial charge in [-0.05, 0) is 123 Å². The number of rotatable bonds is 20. The fourth-order valence-corrected chi connectivity index (χ4v) is 9.50. The van der Waals surface area contributed by atoms with E-state index < -0.39 is 27.9 Å². The van der Waals surface area contributed by atoms with Crippen LogP contribution >= 0.6 is 0 Å². The molecule has 2 bridgehead atoms. The molecule has 6 atom stereocenters. The number of methoxy groups -OCH3 is 1. The van der Waals surface area contributed by atoms with Crippen molar-refractivity contribution in [1.29, 1.82) is 0 Å². The summed E-state index contributed by atoms with van der Waals surface area (Å²) in [6.45, 7) is 12.4. The molecule has 47 heavy (non-hydrogen) atoms. The van der Waals surface area contributed by atoms with Crippen molar-refractivity contribution in [2.45, 2.75) is 116 Å². The van der Waals surface area contributed by atoms with Gasteiger partial charge in [-0.3, -0.25) is 4.79 Å². The Bertz CT molecular complexity index is 1190. The smallest absolute Gasteiger partial charge is 0.145 e. The predicted octanol–water partition coefficient (Wildman–Crippen LogP) is 5.09. The highest BCUT2D eigenvalue weighted by atomic mass is 16.5. The molecule has 0 amide bonds. The van der Waals surface area contributed by atoms with Crippen LogP contribution in [0.5, 0.6) is 0 Å². The van der Waals surface area contributed by atoms with E-state index in [0.717, 1.165) is 55.4 Å². The van der Waals surface area contributed by atoms with Crippen LogP contribution in [-0.2, 0) is 9.53 Å². The lowest BCUT2D eigenvalue weighted by Gasteiger charge is -2.67. The predicted molar refractivity (Wildman–Crippen MR) is 190 cm³/mol. The summed E-state index contributed by atoms with van der Waals surface area (Å²) in [5, 5.41) is 52.7. The van der Waals surface area contributed by atoms with E-state index in [1.54, 1.807) is 7.11 Å². The molecule has 3 fully saturated rings. The molecule has 8 heteroatoms. The van der Waals surface area contributed by atoms with Gasteiger partial charge >= 0.3 is 0 Å². The molecule has 8 nitrogen and oxygen atoms in total. The van der Waals surface area contributed by atoms with Crippen molar-refractivity contribution < 1.29 is 30.0 Å². The second kappa shape index (κ2) is 17.7. The van der Waals surface area contributed by atoms with Crippen LogP contribution in [0.1, 0.15) is 97.8 Å². The number of allylic oxidation sites excluding steroid dienone is 7. The lowest BCUT2D eigenvalue weighted by Crippen LogP contribution is -2.69. The first kappa shape index (κ1) is 39.5. The van der Waals surface area contributed by atoms with E-state index in [1.165, 1.54) is 5.57 Å². The van der Waals surface area contributed by atoms with Crippen LogP contribution in [0.4, 0.5) is 0 Å². The maximum atomic E-state index is 12.7. The van der Waals surface area contributed by atoms with Crippen molar-refractivity contribution in [2.24, 2.45) is 16.2 Å². The second-order valence-electron chi connectivity index (χ2n) is 14.6. The zero-order valence-electron chi connectivity index (χ0n) is 29.9. The first-order valence-corrected chi connectivity index (χ1v) is 17.8. The first-order chi connectivity index (χ1) is 22.5. The van der Waals surface area contributed by atoms with Crippen molar-refractivity contribution in [3.63, 3.8) is 0 Å². The highest BCUT2D eigenvalue weighted by Gasteiger charge is 2.76. The summed E-state index contributed by atoms with van der Waals surface area (Å²) in [4.78, 5) is 12.2. The lowest BCUT2D eigenvalue weighted by molar-refractivity contribution is -0.240. The number of aldehydes is 1. The second-order valence-corrected chi connectivity index (χ2v) is 14.6. The lowest BCUT2D eigenvalue weighted by atomic mass is 9.39. The molecule has 3 aliphatic rings. The zero-order valence-corrected chi connectivity index (χ0v) is 29.9. The van der Waals surface area contributed by atoms with E-state index in [9.17, 15) is 25.2 Å². The fourth-order valence-electron chi connectivity index (χ4n) is 9.50. The van der Waals surface area contributed by atoms with Gasteiger partial charge in [-0.25, -0.2) is 0 Å². The Labute approximate surface area is 284 Å². The van der Waals surface area contributed by atoms with Gasteiger partial charge in [0.25, 0.3) is 0 Å². The average molecular weight is 657 g/mol. The Hall–Kier alpha value is -1.91. The number of aliphatic hydroxyl groups excluding tert-OH is 3. The molecule has 3 rings (SSSR count). The summed E-state index contributed by atoms with van der Waals surface area (Å²) in [5.41, 5.74) is 1.45. The molecular formula is C39H64N2O6. The molecule has 0 aliphatic heterocycles. The molecule has 3 saturated carbocycles. The summed E-state index contributed by atoms with van der Waals surface area (Å²) >= 11 is 0. The molecule has 0 heterocycles. The highest BCUT2D eigenvalue weighted by Crippen LogP contribution is 2.77.